The number of likely N-dealkylation sites (N-methyl/N-ethyl adjacent to an activating group) is 1. The monoisotopic (exact) mass is 1060 g/mol. The largest absolute Gasteiger partial charge is 0.541 e. The molecule has 23 heteroatoms. The minimum Gasteiger partial charge on any atom is -0.541 e. The SMILES string of the molecule is CC.CNCCOCCOCC(=O)NCCCC[C@H](N)C=O.O=CCOCCOCCNC(=O)CC[C@H](NC(=O)CCCCCCCCCOc1ccc(C(=O)O)cc1)C(=O)O.O=[C-]CNS.[Y]. The van der Waals surface area contributed by atoms with Crippen LogP contribution in [0.5, 0.6) is 5.75 Å². The fourth-order valence-electron chi connectivity index (χ4n) is 5.10. The van der Waals surface area contributed by atoms with Gasteiger partial charge in [-0.15, -0.1) is 12.8 Å². The van der Waals surface area contributed by atoms with Gasteiger partial charge >= 0.3 is 11.9 Å². The van der Waals surface area contributed by atoms with Crippen molar-refractivity contribution in [1.82, 2.24) is 26.0 Å². The van der Waals surface area contributed by atoms with Crippen LogP contribution in [0.15, 0.2) is 24.3 Å². The van der Waals surface area contributed by atoms with Crippen molar-refractivity contribution in [2.75, 3.05) is 92.7 Å². The molecule has 0 heterocycles. The van der Waals surface area contributed by atoms with E-state index in [2.05, 4.69) is 38.8 Å². The van der Waals surface area contributed by atoms with Crippen molar-refractivity contribution in [2.45, 2.75) is 109 Å². The molecule has 21 nitrogen and oxygen atoms in total. The van der Waals surface area contributed by atoms with Gasteiger partial charge in [0.1, 0.15) is 37.6 Å². The van der Waals surface area contributed by atoms with Crippen LogP contribution < -0.4 is 36.5 Å². The molecule has 9 N–H and O–H groups in total. The molecule has 389 valence electrons. The zero-order valence-electron chi connectivity index (χ0n) is 40.3. The number of nitrogens with two attached hydrogens (primary N) is 1. The second kappa shape index (κ2) is 56.1. The summed E-state index contributed by atoms with van der Waals surface area (Å²) in [4.78, 5) is 87.3. The number of carbonyl (C=O) groups excluding carboxylic acids is 6. The molecule has 2 atom stereocenters. The molecule has 0 saturated carbocycles. The number of unbranched alkanes of at least 4 members (excludes halogenated alkanes) is 7. The molecule has 0 aliphatic heterocycles. The average molecular weight is 1070 g/mol. The topological polar surface area (TPSA) is 309 Å². The van der Waals surface area contributed by atoms with E-state index >= 15 is 0 Å². The molecule has 0 saturated heterocycles. The van der Waals surface area contributed by atoms with Gasteiger partial charge in [0.05, 0.1) is 57.9 Å². The molecule has 3 amide bonds. The third-order valence-electron chi connectivity index (χ3n) is 8.55. The molecule has 0 aliphatic carbocycles. The van der Waals surface area contributed by atoms with Gasteiger partial charge in [0.15, 0.2) is 0 Å². The molecule has 0 aliphatic rings. The maximum Gasteiger partial charge on any atom is 0.335 e. The fraction of sp³-hybridized carbons (Fsp3) is 0.689. The van der Waals surface area contributed by atoms with Gasteiger partial charge in [0.2, 0.25) is 17.7 Å². The van der Waals surface area contributed by atoms with Crippen LogP contribution in [0, 0.1) is 0 Å². The van der Waals surface area contributed by atoms with Crippen molar-refractivity contribution >= 4 is 61.3 Å². The number of amides is 3. The molecule has 0 aromatic heterocycles. The van der Waals surface area contributed by atoms with E-state index in [1.54, 1.807) is 18.4 Å². The fourth-order valence-corrected chi connectivity index (χ4v) is 5.16. The van der Waals surface area contributed by atoms with Gasteiger partial charge in [0.25, 0.3) is 0 Å². The van der Waals surface area contributed by atoms with E-state index in [4.69, 9.17) is 39.3 Å². The summed E-state index contributed by atoms with van der Waals surface area (Å²) in [5.41, 5.74) is 5.67. The van der Waals surface area contributed by atoms with E-state index in [0.717, 1.165) is 64.2 Å². The number of hydrogen-bond donors (Lipinski definition) is 9. The first-order chi connectivity index (χ1) is 32.4. The van der Waals surface area contributed by atoms with Gasteiger partial charge in [-0.05, 0) is 69.8 Å². The van der Waals surface area contributed by atoms with Gasteiger partial charge in [-0.2, -0.15) is 0 Å². The summed E-state index contributed by atoms with van der Waals surface area (Å²) >= 11 is 3.49. The van der Waals surface area contributed by atoms with Crippen LogP contribution >= 0.6 is 12.8 Å². The minimum absolute atomic E-state index is 0. The van der Waals surface area contributed by atoms with Gasteiger partial charge in [-0.3, -0.25) is 19.1 Å². The first kappa shape index (κ1) is 71.1. The Kier molecular flexibility index (Phi) is 58.7. The van der Waals surface area contributed by atoms with Gasteiger partial charge in [-0.1, -0.05) is 52.5 Å². The number of ether oxygens (including phenoxy) is 5. The number of aliphatic carboxylic acids is 1. The number of carbonyl (C=O) groups is 7. The number of benzene rings is 1. The smallest absolute Gasteiger partial charge is 0.335 e. The molecule has 0 spiro atoms. The van der Waals surface area contributed by atoms with Crippen LogP contribution in [0.4, 0.5) is 0 Å². The van der Waals surface area contributed by atoms with E-state index in [0.29, 0.717) is 64.5 Å². The summed E-state index contributed by atoms with van der Waals surface area (Å²) in [7, 11) is 1.86. The molecular formula is C45H79N6O15SY-. The van der Waals surface area contributed by atoms with Crippen LogP contribution in [-0.2, 0) is 85.2 Å². The Morgan fingerprint density at radius 3 is 1.85 bits per heavy atom. The summed E-state index contributed by atoms with van der Waals surface area (Å²) in [6, 6.07) is 4.80. The molecule has 68 heavy (non-hydrogen) atoms. The van der Waals surface area contributed by atoms with Gasteiger partial charge in [-0.25, -0.2) is 15.9 Å². The summed E-state index contributed by atoms with van der Waals surface area (Å²) in [5, 5.41) is 29.1. The molecule has 1 radical (unpaired) electrons. The number of aldehydes is 2. The quantitative estimate of drug-likeness (QED) is 0.0196. The molecule has 0 fully saturated rings. The molecule has 1 rings (SSSR count). The Morgan fingerprint density at radius 2 is 1.29 bits per heavy atom. The van der Waals surface area contributed by atoms with E-state index in [1.165, 1.54) is 12.1 Å². The first-order valence-corrected chi connectivity index (χ1v) is 23.2. The predicted molar refractivity (Wildman–Crippen MR) is 256 cm³/mol. The summed E-state index contributed by atoms with van der Waals surface area (Å²) in [6.45, 7) is 8.81. The average Bonchev–Trinajstić information content (AvgIpc) is 3.32. The minimum atomic E-state index is -1.18. The van der Waals surface area contributed by atoms with Crippen molar-refractivity contribution in [3.63, 3.8) is 0 Å². The zero-order chi connectivity index (χ0) is 50.6. The number of aromatic carboxylic acids is 1. The summed E-state index contributed by atoms with van der Waals surface area (Å²) in [5.74, 6) is -2.31. The maximum atomic E-state index is 12.2. The molecule has 0 unspecified atom stereocenters. The van der Waals surface area contributed by atoms with Crippen molar-refractivity contribution in [2.24, 2.45) is 5.73 Å². The van der Waals surface area contributed by atoms with E-state index in [1.807, 2.05) is 20.9 Å². The number of hydrogen-bond acceptors (Lipinski definition) is 17. The van der Waals surface area contributed by atoms with E-state index in [-0.39, 0.29) is 115 Å². The van der Waals surface area contributed by atoms with Gasteiger partial charge in [0, 0.05) is 65.2 Å². The van der Waals surface area contributed by atoms with Crippen LogP contribution in [0.2, 0.25) is 0 Å². The Hall–Kier alpha value is -3.45. The zero-order valence-corrected chi connectivity index (χ0v) is 44.0. The van der Waals surface area contributed by atoms with Crippen LogP contribution in [-0.4, -0.2) is 164 Å². The molecule has 0 bridgehead atoms. The van der Waals surface area contributed by atoms with E-state index < -0.39 is 24.0 Å². The Balaban J connectivity index is -0.000000609. The van der Waals surface area contributed by atoms with Crippen LogP contribution in [0.3, 0.4) is 0 Å². The second-order valence-electron chi connectivity index (χ2n) is 14.0. The third-order valence-corrected chi connectivity index (χ3v) is 8.71. The Labute approximate surface area is 433 Å². The van der Waals surface area contributed by atoms with Crippen molar-refractivity contribution in [1.29, 1.82) is 0 Å². The number of carboxylic acids is 2. The van der Waals surface area contributed by atoms with Crippen molar-refractivity contribution in [3.05, 3.63) is 29.8 Å². The number of rotatable bonds is 41. The standard InChI is InChI=1S/C28H42N2O10.C13H27N3O4.C2H4NOS.C2H6.Y/c31-16-19-39-21-20-38-18-15-29-25(32)14-13-24(28(36)37)30-26(33)8-6-4-2-1-3-5-7-17-40-23-11-9-22(10-12-23)27(34)35;1-15-6-7-19-8-9-20-11-13(18)16-5-3-2-4-12(14)10-17;4-2-1-3-5;1-2;/h9-12,16,24H,1-8,13-15,17-21H2,(H,29,32)(H,30,33)(H,34,35)(H,36,37);10,12,15H,2-9,11,14H2,1H3,(H,16,18);3,5H,1H2;1-2H3;/q;;-1;;/t24-;12-;;;/m00.../s1. The number of nitrogens with one attached hydrogen (secondary N) is 5. The number of thiol groups is 1. The predicted octanol–water partition coefficient (Wildman–Crippen LogP) is 2.19. The van der Waals surface area contributed by atoms with E-state index in [9.17, 15) is 38.7 Å². The Morgan fingerprint density at radius 1 is 0.706 bits per heavy atom. The maximum absolute atomic E-state index is 12.2. The van der Waals surface area contributed by atoms with Gasteiger partial charge < -0.3 is 75.3 Å². The molecule has 1 aromatic rings. The summed E-state index contributed by atoms with van der Waals surface area (Å²) < 4.78 is 28.5. The second-order valence-corrected chi connectivity index (χ2v) is 14.3. The third kappa shape index (κ3) is 51.9. The molecule has 1 aromatic carbocycles. The number of carboxylic acid groups (broad SMARTS) is 2. The normalized spacial score (nSPS) is 10.9. The summed E-state index contributed by atoms with van der Waals surface area (Å²) in [6.07, 6.45) is 11.9. The Bertz CT molecular complexity index is 1410. The van der Waals surface area contributed by atoms with Crippen LogP contribution in [0.25, 0.3) is 0 Å². The molecular weight excluding hydrogens is 985 g/mol. The van der Waals surface area contributed by atoms with Crippen LogP contribution in [0.1, 0.15) is 108 Å². The van der Waals surface area contributed by atoms with Crippen molar-refractivity contribution < 1.29 is 105 Å². The first-order valence-electron chi connectivity index (χ1n) is 22.8. The van der Waals surface area contributed by atoms with Crippen molar-refractivity contribution in [3.8, 4) is 5.75 Å².